The summed E-state index contributed by atoms with van der Waals surface area (Å²) in [5, 5.41) is 4.72. The van der Waals surface area contributed by atoms with Gasteiger partial charge in [0.25, 0.3) is 0 Å². The molecule has 2 rings (SSSR count). The van der Waals surface area contributed by atoms with Crippen molar-refractivity contribution in [2.24, 2.45) is 0 Å². The fraction of sp³-hybridized carbons (Fsp3) is 0.294. The Morgan fingerprint density at radius 3 is 3.05 bits per heavy atom. The molecular formula is C17H20N2OS2. The topological polar surface area (TPSA) is 42.0 Å². The van der Waals surface area contributed by atoms with Crippen molar-refractivity contribution < 1.29 is 4.79 Å². The summed E-state index contributed by atoms with van der Waals surface area (Å²) in [4.78, 5) is 16.2. The molecule has 0 bridgehead atoms. The van der Waals surface area contributed by atoms with Crippen molar-refractivity contribution in [2.45, 2.75) is 30.4 Å². The molecule has 0 saturated carbocycles. The van der Waals surface area contributed by atoms with Crippen LogP contribution < -0.4 is 5.32 Å². The molecule has 0 aliphatic carbocycles. The molecule has 5 heteroatoms. The minimum absolute atomic E-state index is 0.0173. The van der Waals surface area contributed by atoms with Crippen LogP contribution in [-0.2, 0) is 17.0 Å². The summed E-state index contributed by atoms with van der Waals surface area (Å²) < 4.78 is 1.01. The second-order valence-corrected chi connectivity index (χ2v) is 7.17. The van der Waals surface area contributed by atoms with Gasteiger partial charge in [0, 0.05) is 17.7 Å². The summed E-state index contributed by atoms with van der Waals surface area (Å²) in [6, 6.07) is 6.51. The standard InChI is InChI=1S/C17H20N2OS2/c1-4-7-18-16(20)9-15-11-22-17(19-15)21-10-14-8-12(2)5-6-13(14)3/h4-6,8,11H,1,7,9-10H2,2-3H3,(H,18,20). The quantitative estimate of drug-likeness (QED) is 0.618. The van der Waals surface area contributed by atoms with E-state index in [4.69, 9.17) is 0 Å². The van der Waals surface area contributed by atoms with Crippen LogP contribution in [0.4, 0.5) is 0 Å². The summed E-state index contributed by atoms with van der Waals surface area (Å²) in [7, 11) is 0. The monoisotopic (exact) mass is 332 g/mol. The number of nitrogens with zero attached hydrogens (tertiary/aromatic N) is 1. The maximum atomic E-state index is 11.6. The summed E-state index contributed by atoms with van der Waals surface area (Å²) >= 11 is 3.32. The lowest BCUT2D eigenvalue weighted by Gasteiger charge is -2.05. The fourth-order valence-corrected chi connectivity index (χ4v) is 3.85. The van der Waals surface area contributed by atoms with Gasteiger partial charge >= 0.3 is 0 Å². The van der Waals surface area contributed by atoms with Crippen LogP contribution in [0.5, 0.6) is 0 Å². The molecule has 1 aromatic heterocycles. The minimum atomic E-state index is -0.0173. The van der Waals surface area contributed by atoms with Crippen LogP contribution in [-0.4, -0.2) is 17.4 Å². The van der Waals surface area contributed by atoms with Gasteiger partial charge in [0.15, 0.2) is 0 Å². The van der Waals surface area contributed by atoms with Crippen LogP contribution in [0.25, 0.3) is 0 Å². The minimum Gasteiger partial charge on any atom is -0.352 e. The molecule has 0 saturated heterocycles. The second-order valence-electron chi connectivity index (χ2n) is 5.09. The molecule has 22 heavy (non-hydrogen) atoms. The summed E-state index contributed by atoms with van der Waals surface area (Å²) in [6.45, 7) is 8.32. The molecule has 0 fully saturated rings. The van der Waals surface area contributed by atoms with E-state index in [2.05, 4.69) is 48.9 Å². The molecule has 1 heterocycles. The Hall–Kier alpha value is -1.59. The van der Waals surface area contributed by atoms with Crippen LogP contribution in [0.3, 0.4) is 0 Å². The van der Waals surface area contributed by atoms with Crippen molar-refractivity contribution >= 4 is 29.0 Å². The van der Waals surface area contributed by atoms with E-state index in [0.717, 1.165) is 15.8 Å². The van der Waals surface area contributed by atoms with E-state index in [1.807, 2.05) is 5.38 Å². The number of carbonyl (C=O) groups is 1. The first kappa shape index (κ1) is 16.8. The Balaban J connectivity index is 1.90. The summed E-state index contributed by atoms with van der Waals surface area (Å²) in [6.07, 6.45) is 2.00. The van der Waals surface area contributed by atoms with E-state index in [1.165, 1.54) is 16.7 Å². The van der Waals surface area contributed by atoms with Crippen molar-refractivity contribution in [1.82, 2.24) is 10.3 Å². The largest absolute Gasteiger partial charge is 0.352 e. The Labute approximate surface area is 139 Å². The number of aryl methyl sites for hydroxylation is 2. The van der Waals surface area contributed by atoms with Crippen molar-refractivity contribution in [2.75, 3.05) is 6.54 Å². The van der Waals surface area contributed by atoms with Gasteiger partial charge in [-0.2, -0.15) is 0 Å². The number of benzene rings is 1. The zero-order chi connectivity index (χ0) is 15.9. The first-order chi connectivity index (χ1) is 10.6. The Kier molecular flexibility index (Phi) is 6.21. The maximum absolute atomic E-state index is 11.6. The molecule has 0 radical (unpaired) electrons. The highest BCUT2D eigenvalue weighted by Crippen LogP contribution is 2.27. The number of amides is 1. The van der Waals surface area contributed by atoms with Gasteiger partial charge in [-0.05, 0) is 25.0 Å². The lowest BCUT2D eigenvalue weighted by Crippen LogP contribution is -2.25. The van der Waals surface area contributed by atoms with Gasteiger partial charge in [-0.3, -0.25) is 4.79 Å². The SMILES string of the molecule is C=CCNC(=O)Cc1csc(SCc2cc(C)ccc2C)n1. The number of thiazole rings is 1. The third kappa shape index (κ3) is 5.00. The fourth-order valence-electron chi connectivity index (χ4n) is 1.94. The van der Waals surface area contributed by atoms with E-state index >= 15 is 0 Å². The van der Waals surface area contributed by atoms with Crippen molar-refractivity contribution in [3.63, 3.8) is 0 Å². The molecule has 0 unspecified atom stereocenters. The molecule has 116 valence electrons. The van der Waals surface area contributed by atoms with Crippen LogP contribution in [0.2, 0.25) is 0 Å². The molecule has 0 atom stereocenters. The molecule has 1 amide bonds. The number of aromatic nitrogens is 1. The van der Waals surface area contributed by atoms with E-state index in [9.17, 15) is 4.79 Å². The number of hydrogen-bond donors (Lipinski definition) is 1. The first-order valence-electron chi connectivity index (χ1n) is 7.09. The van der Waals surface area contributed by atoms with Crippen LogP contribution in [0.1, 0.15) is 22.4 Å². The van der Waals surface area contributed by atoms with Gasteiger partial charge in [-0.15, -0.1) is 17.9 Å². The molecule has 1 N–H and O–H groups in total. The van der Waals surface area contributed by atoms with Crippen LogP contribution >= 0.6 is 23.1 Å². The summed E-state index contributed by atoms with van der Waals surface area (Å²) in [5.74, 6) is 0.889. The predicted molar refractivity (Wildman–Crippen MR) is 94.5 cm³/mol. The smallest absolute Gasteiger partial charge is 0.226 e. The third-order valence-electron chi connectivity index (χ3n) is 3.17. The average Bonchev–Trinajstić information content (AvgIpc) is 2.93. The molecule has 0 spiro atoms. The van der Waals surface area contributed by atoms with E-state index in [0.29, 0.717) is 13.0 Å². The normalized spacial score (nSPS) is 10.5. The molecule has 1 aromatic carbocycles. The number of nitrogens with one attached hydrogen (secondary N) is 1. The van der Waals surface area contributed by atoms with Gasteiger partial charge in [-0.25, -0.2) is 4.98 Å². The number of rotatable bonds is 7. The lowest BCUT2D eigenvalue weighted by molar-refractivity contribution is -0.120. The van der Waals surface area contributed by atoms with Gasteiger partial charge < -0.3 is 5.32 Å². The molecular weight excluding hydrogens is 312 g/mol. The van der Waals surface area contributed by atoms with Crippen molar-refractivity contribution in [3.05, 3.63) is 58.6 Å². The molecule has 0 aliphatic rings. The molecule has 2 aromatic rings. The Morgan fingerprint density at radius 1 is 1.45 bits per heavy atom. The Morgan fingerprint density at radius 2 is 2.27 bits per heavy atom. The van der Waals surface area contributed by atoms with Crippen molar-refractivity contribution in [3.8, 4) is 0 Å². The zero-order valence-corrected chi connectivity index (χ0v) is 14.5. The highest BCUT2D eigenvalue weighted by Gasteiger charge is 2.08. The van der Waals surface area contributed by atoms with Gasteiger partial charge in [-0.1, -0.05) is 41.6 Å². The van der Waals surface area contributed by atoms with E-state index in [1.54, 1.807) is 29.2 Å². The second kappa shape index (κ2) is 8.15. The van der Waals surface area contributed by atoms with Crippen LogP contribution in [0, 0.1) is 13.8 Å². The number of hydrogen-bond acceptors (Lipinski definition) is 4. The molecule has 0 aliphatic heterocycles. The predicted octanol–water partition coefficient (Wildman–Crippen LogP) is 3.90. The number of carbonyl (C=O) groups excluding carboxylic acids is 1. The van der Waals surface area contributed by atoms with Gasteiger partial charge in [0.2, 0.25) is 5.91 Å². The maximum Gasteiger partial charge on any atom is 0.226 e. The zero-order valence-electron chi connectivity index (χ0n) is 12.9. The number of thioether (sulfide) groups is 1. The van der Waals surface area contributed by atoms with Crippen LogP contribution in [0.15, 0.2) is 40.6 Å². The lowest BCUT2D eigenvalue weighted by atomic mass is 10.1. The Bertz CT molecular complexity index is 664. The van der Waals surface area contributed by atoms with Crippen molar-refractivity contribution in [1.29, 1.82) is 0 Å². The van der Waals surface area contributed by atoms with E-state index < -0.39 is 0 Å². The highest BCUT2D eigenvalue weighted by atomic mass is 32.2. The first-order valence-corrected chi connectivity index (χ1v) is 8.96. The van der Waals surface area contributed by atoms with Gasteiger partial charge in [0.05, 0.1) is 12.1 Å². The third-order valence-corrected chi connectivity index (χ3v) is 5.29. The van der Waals surface area contributed by atoms with E-state index in [-0.39, 0.29) is 5.91 Å². The average molecular weight is 332 g/mol. The highest BCUT2D eigenvalue weighted by molar-refractivity contribution is 8.00. The molecule has 3 nitrogen and oxygen atoms in total. The van der Waals surface area contributed by atoms with Gasteiger partial charge in [0.1, 0.15) is 4.34 Å². The summed E-state index contributed by atoms with van der Waals surface area (Å²) in [5.41, 5.74) is 4.75.